The molecule has 0 aliphatic rings. The molecule has 0 N–H and O–H groups in total. The van der Waals surface area contributed by atoms with Crippen molar-refractivity contribution in [3.8, 4) is 0 Å². The summed E-state index contributed by atoms with van der Waals surface area (Å²) in [4.78, 5) is 22.6. The Morgan fingerprint density at radius 2 is 2.13 bits per heavy atom. The molecule has 5 heteroatoms. The maximum absolute atomic E-state index is 11.7. The summed E-state index contributed by atoms with van der Waals surface area (Å²) in [5.74, 6) is -0.306. The van der Waals surface area contributed by atoms with Gasteiger partial charge < -0.3 is 4.74 Å². The van der Waals surface area contributed by atoms with Gasteiger partial charge in [-0.1, -0.05) is 0 Å². The highest BCUT2D eigenvalue weighted by atomic mass is 16.5. The Balaban J connectivity index is 2.71. The molecule has 0 saturated heterocycles. The third-order valence-corrected chi connectivity index (χ3v) is 2.21. The van der Waals surface area contributed by atoms with Crippen molar-refractivity contribution in [2.24, 2.45) is 0 Å². The van der Waals surface area contributed by atoms with Crippen molar-refractivity contribution in [1.82, 2.24) is 9.13 Å². The third-order valence-electron chi connectivity index (χ3n) is 2.21. The van der Waals surface area contributed by atoms with Crippen LogP contribution in [0.25, 0.3) is 0 Å². The van der Waals surface area contributed by atoms with Gasteiger partial charge >= 0.3 is 11.7 Å². The van der Waals surface area contributed by atoms with Gasteiger partial charge in [0.1, 0.15) is 0 Å². The molecule has 0 amide bonds. The van der Waals surface area contributed by atoms with Crippen molar-refractivity contribution >= 4 is 5.97 Å². The number of carbonyl (C=O) groups is 1. The summed E-state index contributed by atoms with van der Waals surface area (Å²) < 4.78 is 7.64. The Hall–Kier alpha value is -1.52. The van der Waals surface area contributed by atoms with Crippen LogP contribution in [-0.4, -0.2) is 22.2 Å². The second-order valence-electron chi connectivity index (χ2n) is 3.60. The minimum absolute atomic E-state index is 0.0890. The van der Waals surface area contributed by atoms with Crippen LogP contribution in [0.4, 0.5) is 0 Å². The van der Waals surface area contributed by atoms with E-state index in [2.05, 4.69) is 4.74 Å². The third kappa shape index (κ3) is 2.71. The highest BCUT2D eigenvalue weighted by molar-refractivity contribution is 5.68. The van der Waals surface area contributed by atoms with E-state index >= 15 is 0 Å². The number of imidazole rings is 1. The molecule has 0 aliphatic carbocycles. The van der Waals surface area contributed by atoms with E-state index in [9.17, 15) is 9.59 Å². The van der Waals surface area contributed by atoms with E-state index in [-0.39, 0.29) is 24.1 Å². The van der Waals surface area contributed by atoms with Gasteiger partial charge in [-0.05, 0) is 13.8 Å². The number of methoxy groups -OCH3 is 1. The second kappa shape index (κ2) is 4.82. The van der Waals surface area contributed by atoms with E-state index < -0.39 is 0 Å². The summed E-state index contributed by atoms with van der Waals surface area (Å²) >= 11 is 0. The SMILES string of the molecule is COC(=O)CCn1ccn(C(C)C)c1=O. The number of carbonyl (C=O) groups excluding carboxylic acids is 1. The maximum atomic E-state index is 11.7. The van der Waals surface area contributed by atoms with Crippen LogP contribution in [-0.2, 0) is 16.1 Å². The van der Waals surface area contributed by atoms with Crippen molar-refractivity contribution in [2.45, 2.75) is 32.9 Å². The quantitative estimate of drug-likeness (QED) is 0.693. The lowest BCUT2D eigenvalue weighted by Crippen LogP contribution is -2.26. The lowest BCUT2D eigenvalue weighted by Gasteiger charge is -2.04. The lowest BCUT2D eigenvalue weighted by atomic mass is 10.4. The van der Waals surface area contributed by atoms with Crippen LogP contribution in [0.2, 0.25) is 0 Å². The van der Waals surface area contributed by atoms with Gasteiger partial charge in [-0.2, -0.15) is 0 Å². The predicted octanol–water partition coefficient (Wildman–Crippen LogP) is 0.794. The van der Waals surface area contributed by atoms with Crippen LogP contribution in [0, 0.1) is 0 Å². The summed E-state index contributed by atoms with van der Waals surface area (Å²) in [5.41, 5.74) is -0.0890. The zero-order chi connectivity index (χ0) is 11.4. The number of ether oxygens (including phenoxy) is 1. The predicted molar refractivity (Wildman–Crippen MR) is 55.7 cm³/mol. The summed E-state index contributed by atoms with van der Waals surface area (Å²) in [6.45, 7) is 4.24. The summed E-state index contributed by atoms with van der Waals surface area (Å²) in [5, 5.41) is 0. The number of hydrogen-bond donors (Lipinski definition) is 0. The molecule has 0 saturated carbocycles. The number of rotatable bonds is 4. The Kier molecular flexibility index (Phi) is 3.71. The Morgan fingerprint density at radius 1 is 1.47 bits per heavy atom. The van der Waals surface area contributed by atoms with Crippen molar-refractivity contribution in [3.63, 3.8) is 0 Å². The molecule has 0 aromatic carbocycles. The number of aryl methyl sites for hydroxylation is 1. The molecule has 0 bridgehead atoms. The van der Waals surface area contributed by atoms with Crippen molar-refractivity contribution < 1.29 is 9.53 Å². The van der Waals surface area contributed by atoms with Gasteiger partial charge in [-0.3, -0.25) is 13.9 Å². The Morgan fingerprint density at radius 3 is 2.60 bits per heavy atom. The maximum Gasteiger partial charge on any atom is 0.328 e. The molecular formula is C10H16N2O3. The number of nitrogens with zero attached hydrogens (tertiary/aromatic N) is 2. The van der Waals surface area contributed by atoms with Gasteiger partial charge in [0.2, 0.25) is 0 Å². The summed E-state index contributed by atoms with van der Waals surface area (Å²) in [7, 11) is 1.34. The van der Waals surface area contributed by atoms with E-state index in [1.54, 1.807) is 17.0 Å². The molecule has 5 nitrogen and oxygen atoms in total. The topological polar surface area (TPSA) is 53.2 Å². The van der Waals surface area contributed by atoms with E-state index in [4.69, 9.17) is 0 Å². The molecule has 0 atom stereocenters. The fourth-order valence-corrected chi connectivity index (χ4v) is 1.31. The second-order valence-corrected chi connectivity index (χ2v) is 3.60. The van der Waals surface area contributed by atoms with E-state index in [1.807, 2.05) is 13.8 Å². The summed E-state index contributed by atoms with van der Waals surface area (Å²) in [6, 6.07) is 0.136. The van der Waals surface area contributed by atoms with Crippen LogP contribution in [0.3, 0.4) is 0 Å². The highest BCUT2D eigenvalue weighted by Crippen LogP contribution is 1.99. The van der Waals surface area contributed by atoms with Gasteiger partial charge in [-0.25, -0.2) is 4.79 Å². The van der Waals surface area contributed by atoms with Gasteiger partial charge in [0.25, 0.3) is 0 Å². The summed E-state index contributed by atoms with van der Waals surface area (Å²) in [6.07, 6.45) is 3.63. The number of hydrogen-bond acceptors (Lipinski definition) is 3. The molecule has 1 aromatic rings. The van der Waals surface area contributed by atoms with Crippen molar-refractivity contribution in [3.05, 3.63) is 22.9 Å². The molecular weight excluding hydrogens is 196 g/mol. The first-order valence-corrected chi connectivity index (χ1v) is 4.90. The fourth-order valence-electron chi connectivity index (χ4n) is 1.31. The smallest absolute Gasteiger partial charge is 0.328 e. The minimum atomic E-state index is -0.306. The average molecular weight is 212 g/mol. The normalized spacial score (nSPS) is 10.7. The van der Waals surface area contributed by atoms with Crippen molar-refractivity contribution in [2.75, 3.05) is 7.11 Å². The molecule has 0 radical (unpaired) electrons. The van der Waals surface area contributed by atoms with Crippen LogP contribution in [0.5, 0.6) is 0 Å². The van der Waals surface area contributed by atoms with Crippen LogP contribution >= 0.6 is 0 Å². The molecule has 1 rings (SSSR count). The largest absolute Gasteiger partial charge is 0.469 e. The van der Waals surface area contributed by atoms with Gasteiger partial charge in [0.15, 0.2) is 0 Å². The first kappa shape index (κ1) is 11.6. The molecule has 0 aliphatic heterocycles. The molecule has 0 unspecified atom stereocenters. The van der Waals surface area contributed by atoms with Crippen LogP contribution < -0.4 is 5.69 Å². The zero-order valence-electron chi connectivity index (χ0n) is 9.27. The first-order valence-electron chi connectivity index (χ1n) is 4.90. The Labute approximate surface area is 88.3 Å². The first-order chi connectivity index (χ1) is 7.06. The molecule has 1 heterocycles. The number of aromatic nitrogens is 2. The highest BCUT2D eigenvalue weighted by Gasteiger charge is 2.07. The Bertz CT molecular complexity index is 390. The fraction of sp³-hybridized carbons (Fsp3) is 0.600. The van der Waals surface area contributed by atoms with E-state index in [0.29, 0.717) is 6.54 Å². The van der Waals surface area contributed by atoms with Gasteiger partial charge in [0.05, 0.1) is 13.5 Å². The number of esters is 1. The molecule has 1 aromatic heterocycles. The molecule has 15 heavy (non-hydrogen) atoms. The molecule has 0 spiro atoms. The zero-order valence-corrected chi connectivity index (χ0v) is 9.27. The molecule has 0 fully saturated rings. The van der Waals surface area contributed by atoms with Gasteiger partial charge in [-0.15, -0.1) is 0 Å². The van der Waals surface area contributed by atoms with Crippen LogP contribution in [0.1, 0.15) is 26.3 Å². The van der Waals surface area contributed by atoms with Crippen molar-refractivity contribution in [1.29, 1.82) is 0 Å². The molecule has 84 valence electrons. The lowest BCUT2D eigenvalue weighted by molar-refractivity contribution is -0.140. The standard InChI is InChI=1S/C10H16N2O3/c1-8(2)12-7-6-11(10(12)14)5-4-9(13)15-3/h6-8H,4-5H2,1-3H3. The van der Waals surface area contributed by atoms with Crippen LogP contribution in [0.15, 0.2) is 17.2 Å². The monoisotopic (exact) mass is 212 g/mol. The average Bonchev–Trinajstić information content (AvgIpc) is 2.56. The van der Waals surface area contributed by atoms with Gasteiger partial charge in [0, 0.05) is 25.0 Å². The van der Waals surface area contributed by atoms with E-state index in [0.717, 1.165) is 0 Å². The minimum Gasteiger partial charge on any atom is -0.469 e. The van der Waals surface area contributed by atoms with E-state index in [1.165, 1.54) is 11.7 Å².